The minimum absolute atomic E-state index is 0.302. The van der Waals surface area contributed by atoms with Crippen LogP contribution in [0.5, 0.6) is 0 Å². The summed E-state index contributed by atoms with van der Waals surface area (Å²) in [7, 11) is 0. The molecule has 0 radical (unpaired) electrons. The molecule has 4 heteroatoms. The lowest BCUT2D eigenvalue weighted by atomic mass is 9.84. The molecule has 0 fully saturated rings. The van der Waals surface area contributed by atoms with Crippen LogP contribution in [0.3, 0.4) is 0 Å². The van der Waals surface area contributed by atoms with E-state index < -0.39 is 5.54 Å². The Morgan fingerprint density at radius 1 is 0.680 bits per heavy atom. The zero-order chi connectivity index (χ0) is 17.4. The van der Waals surface area contributed by atoms with E-state index >= 15 is 0 Å². The van der Waals surface area contributed by atoms with Gasteiger partial charge in [0.2, 0.25) is 11.6 Å². The average molecular weight is 331 g/mol. The van der Waals surface area contributed by atoms with Crippen LogP contribution in [-0.2, 0) is 5.54 Å². The molecule has 0 heterocycles. The number of ketones is 2. The zero-order valence-corrected chi connectivity index (χ0v) is 13.2. The highest BCUT2D eigenvalue weighted by molar-refractivity contribution is 6.34. The third kappa shape index (κ3) is 2.26. The van der Waals surface area contributed by atoms with Gasteiger partial charge in [-0.3, -0.25) is 9.59 Å². The van der Waals surface area contributed by atoms with Gasteiger partial charge in [-0.05, 0) is 29.8 Å². The van der Waals surface area contributed by atoms with Crippen molar-refractivity contribution in [2.75, 3.05) is 5.32 Å². The third-order valence-corrected chi connectivity index (χ3v) is 4.48. The summed E-state index contributed by atoms with van der Waals surface area (Å²) in [6, 6.07) is 21.3. The Bertz CT molecular complexity index is 930. The summed E-state index contributed by atoms with van der Waals surface area (Å²) in [6.45, 7) is 0. The first-order chi connectivity index (χ1) is 12.1. The number of Topliss-reactive ketones (excluding diaryl/α,β-unsaturated/α-hetero) is 2. The van der Waals surface area contributed by atoms with Crippen LogP contribution in [0.2, 0.25) is 0 Å². The number of carbonyl (C=O) groups excluding carboxylic acids is 2. The van der Waals surface area contributed by atoms with Crippen LogP contribution < -0.4 is 5.32 Å². The number of anilines is 1. The monoisotopic (exact) mass is 331 g/mol. The molecule has 0 aromatic heterocycles. The molecule has 3 aromatic rings. The Morgan fingerprint density at radius 2 is 1.20 bits per heavy atom. The molecule has 0 unspecified atom stereocenters. The van der Waals surface area contributed by atoms with E-state index in [9.17, 15) is 14.0 Å². The molecular weight excluding hydrogens is 317 g/mol. The Labute approximate surface area is 144 Å². The lowest BCUT2D eigenvalue weighted by Gasteiger charge is -2.29. The highest BCUT2D eigenvalue weighted by Crippen LogP contribution is 2.40. The van der Waals surface area contributed by atoms with Gasteiger partial charge in [-0.15, -0.1) is 0 Å². The molecule has 4 rings (SSSR count). The van der Waals surface area contributed by atoms with Crippen molar-refractivity contribution in [3.8, 4) is 0 Å². The fourth-order valence-corrected chi connectivity index (χ4v) is 3.27. The fraction of sp³-hybridized carbons (Fsp3) is 0.0476. The maximum atomic E-state index is 13.2. The van der Waals surface area contributed by atoms with Crippen molar-refractivity contribution in [1.29, 1.82) is 0 Å². The summed E-state index contributed by atoms with van der Waals surface area (Å²) in [4.78, 5) is 26.5. The Balaban J connectivity index is 1.91. The fourth-order valence-electron chi connectivity index (χ4n) is 3.27. The van der Waals surface area contributed by atoms with Crippen LogP contribution in [0.15, 0.2) is 78.9 Å². The van der Waals surface area contributed by atoms with Crippen LogP contribution in [0.25, 0.3) is 0 Å². The first-order valence-electron chi connectivity index (χ1n) is 7.91. The third-order valence-electron chi connectivity index (χ3n) is 4.48. The van der Waals surface area contributed by atoms with Crippen molar-refractivity contribution in [3.05, 3.63) is 101 Å². The summed E-state index contributed by atoms with van der Waals surface area (Å²) in [5.74, 6) is -0.987. The van der Waals surface area contributed by atoms with Gasteiger partial charge in [0, 0.05) is 16.8 Å². The SMILES string of the molecule is O=C1c2ccccc2C(=O)C1(Nc1ccc(F)cc1)c1ccccc1. The van der Waals surface area contributed by atoms with Crippen molar-refractivity contribution in [2.24, 2.45) is 0 Å². The van der Waals surface area contributed by atoms with Gasteiger partial charge < -0.3 is 5.32 Å². The van der Waals surface area contributed by atoms with Crippen molar-refractivity contribution >= 4 is 17.3 Å². The van der Waals surface area contributed by atoms with E-state index in [-0.39, 0.29) is 17.4 Å². The number of nitrogens with one attached hydrogen (secondary N) is 1. The number of fused-ring (bicyclic) bond motifs is 1. The first-order valence-corrected chi connectivity index (χ1v) is 7.91. The van der Waals surface area contributed by atoms with Crippen LogP contribution in [0.1, 0.15) is 26.3 Å². The van der Waals surface area contributed by atoms with Crippen molar-refractivity contribution in [3.63, 3.8) is 0 Å². The van der Waals surface area contributed by atoms with Crippen molar-refractivity contribution < 1.29 is 14.0 Å². The molecule has 122 valence electrons. The largest absolute Gasteiger partial charge is 0.363 e. The normalized spacial score (nSPS) is 15.1. The van der Waals surface area contributed by atoms with Gasteiger partial charge in [0.25, 0.3) is 0 Å². The predicted molar refractivity (Wildman–Crippen MR) is 93.2 cm³/mol. The number of hydrogen-bond donors (Lipinski definition) is 1. The van der Waals surface area contributed by atoms with Crippen molar-refractivity contribution in [1.82, 2.24) is 0 Å². The zero-order valence-electron chi connectivity index (χ0n) is 13.2. The standard InChI is InChI=1S/C21H14FNO2/c22-15-10-12-16(13-11-15)23-21(14-6-2-1-3-7-14)19(24)17-8-4-5-9-18(17)20(21)25/h1-13,23H. The van der Waals surface area contributed by atoms with Gasteiger partial charge in [-0.2, -0.15) is 0 Å². The molecule has 3 aromatic carbocycles. The molecule has 1 aliphatic rings. The lowest BCUT2D eigenvalue weighted by molar-refractivity contribution is 0.0819. The Morgan fingerprint density at radius 3 is 1.76 bits per heavy atom. The van der Waals surface area contributed by atoms with Crippen LogP contribution >= 0.6 is 0 Å². The van der Waals surface area contributed by atoms with Crippen LogP contribution in [0.4, 0.5) is 10.1 Å². The molecule has 0 saturated heterocycles. The second kappa shape index (κ2) is 5.67. The first kappa shape index (κ1) is 15.3. The minimum Gasteiger partial charge on any atom is -0.363 e. The highest BCUT2D eigenvalue weighted by atomic mass is 19.1. The minimum atomic E-state index is -1.54. The second-order valence-corrected chi connectivity index (χ2v) is 5.95. The van der Waals surface area contributed by atoms with Crippen molar-refractivity contribution in [2.45, 2.75) is 5.54 Å². The predicted octanol–water partition coefficient (Wildman–Crippen LogP) is 4.21. The molecule has 1 aliphatic carbocycles. The van der Waals surface area contributed by atoms with Gasteiger partial charge in [-0.25, -0.2) is 4.39 Å². The summed E-state index contributed by atoms with van der Waals surface area (Å²) < 4.78 is 13.2. The molecular formula is C21H14FNO2. The Hall–Kier alpha value is -3.27. The molecule has 3 nitrogen and oxygen atoms in total. The smallest absolute Gasteiger partial charge is 0.201 e. The van der Waals surface area contributed by atoms with Gasteiger partial charge >= 0.3 is 0 Å². The number of carbonyl (C=O) groups is 2. The number of benzene rings is 3. The van der Waals surface area contributed by atoms with E-state index in [1.165, 1.54) is 24.3 Å². The average Bonchev–Trinajstić information content (AvgIpc) is 2.87. The van der Waals surface area contributed by atoms with E-state index in [0.29, 0.717) is 22.4 Å². The Kier molecular flexibility index (Phi) is 3.46. The second-order valence-electron chi connectivity index (χ2n) is 5.95. The summed E-state index contributed by atoms with van der Waals surface area (Å²) in [5, 5.41) is 3.08. The quantitative estimate of drug-likeness (QED) is 0.731. The van der Waals surface area contributed by atoms with E-state index in [1.54, 1.807) is 48.5 Å². The van der Waals surface area contributed by atoms with Gasteiger partial charge in [0.15, 0.2) is 5.54 Å². The summed E-state index contributed by atoms with van der Waals surface area (Å²) in [5.41, 5.74) is 0.310. The van der Waals surface area contributed by atoms with Crippen LogP contribution in [-0.4, -0.2) is 11.6 Å². The number of halogens is 1. The topological polar surface area (TPSA) is 46.2 Å². The van der Waals surface area contributed by atoms with E-state index in [1.807, 2.05) is 6.07 Å². The van der Waals surface area contributed by atoms with Gasteiger partial charge in [0.1, 0.15) is 5.82 Å². The molecule has 1 N–H and O–H groups in total. The lowest BCUT2D eigenvalue weighted by Crippen LogP contribution is -2.46. The molecule has 0 saturated carbocycles. The molecule has 0 spiro atoms. The van der Waals surface area contributed by atoms with Crippen LogP contribution in [0, 0.1) is 5.82 Å². The van der Waals surface area contributed by atoms with E-state index in [2.05, 4.69) is 5.32 Å². The molecule has 25 heavy (non-hydrogen) atoms. The maximum absolute atomic E-state index is 13.2. The molecule has 0 atom stereocenters. The number of hydrogen-bond acceptors (Lipinski definition) is 3. The molecule has 0 aliphatic heterocycles. The maximum Gasteiger partial charge on any atom is 0.201 e. The van der Waals surface area contributed by atoms with E-state index in [0.717, 1.165) is 0 Å². The van der Waals surface area contributed by atoms with E-state index in [4.69, 9.17) is 0 Å². The highest BCUT2D eigenvalue weighted by Gasteiger charge is 2.54. The molecule has 0 amide bonds. The summed E-state index contributed by atoms with van der Waals surface area (Å²) in [6.07, 6.45) is 0. The number of rotatable bonds is 3. The van der Waals surface area contributed by atoms with Gasteiger partial charge in [-0.1, -0.05) is 54.6 Å². The molecule has 0 bridgehead atoms. The summed E-state index contributed by atoms with van der Waals surface area (Å²) >= 11 is 0. The van der Waals surface area contributed by atoms with Gasteiger partial charge in [0.05, 0.1) is 0 Å².